The first-order valence-electron chi connectivity index (χ1n) is 8.70. The van der Waals surface area contributed by atoms with Crippen LogP contribution in [-0.2, 0) is 0 Å². The van der Waals surface area contributed by atoms with Gasteiger partial charge in [0.1, 0.15) is 0 Å². The fourth-order valence-corrected chi connectivity index (χ4v) is 3.02. The lowest BCUT2D eigenvalue weighted by atomic mass is 10.0. The van der Waals surface area contributed by atoms with Crippen LogP contribution in [-0.4, -0.2) is 15.8 Å². The van der Waals surface area contributed by atoms with Crippen LogP contribution in [0.4, 0.5) is 10.5 Å². The molecule has 2 N–H and O–H groups in total. The van der Waals surface area contributed by atoms with Crippen molar-refractivity contribution in [1.82, 2.24) is 15.1 Å². The van der Waals surface area contributed by atoms with Crippen molar-refractivity contribution < 1.29 is 4.79 Å². The van der Waals surface area contributed by atoms with Gasteiger partial charge in [0.2, 0.25) is 0 Å². The van der Waals surface area contributed by atoms with Gasteiger partial charge in [-0.05, 0) is 63.1 Å². The van der Waals surface area contributed by atoms with Gasteiger partial charge < -0.3 is 10.6 Å². The monoisotopic (exact) mass is 348 g/mol. The minimum Gasteiger partial charge on any atom is -0.331 e. The van der Waals surface area contributed by atoms with E-state index in [2.05, 4.69) is 47.8 Å². The fraction of sp³-hybridized carbons (Fsp3) is 0.238. The van der Waals surface area contributed by atoms with Gasteiger partial charge in [-0.1, -0.05) is 29.8 Å². The minimum atomic E-state index is -0.229. The van der Waals surface area contributed by atoms with Gasteiger partial charge in [0, 0.05) is 17.6 Å². The number of hydrogen-bond acceptors (Lipinski definition) is 2. The molecule has 1 aromatic heterocycles. The molecule has 0 fully saturated rings. The second-order valence-electron chi connectivity index (χ2n) is 6.61. The van der Waals surface area contributed by atoms with E-state index in [4.69, 9.17) is 0 Å². The highest BCUT2D eigenvalue weighted by molar-refractivity contribution is 5.89. The lowest BCUT2D eigenvalue weighted by Crippen LogP contribution is -2.31. The Bertz CT molecular complexity index is 929. The SMILES string of the molecule is Cc1ccc(C)c(C(C)NC(=O)Nc2cccc(-n3nccc3C)c2)c1. The maximum Gasteiger partial charge on any atom is 0.319 e. The number of rotatable bonds is 4. The molecule has 5 heteroatoms. The molecule has 0 aliphatic carbocycles. The van der Waals surface area contributed by atoms with Crippen molar-refractivity contribution in [3.63, 3.8) is 0 Å². The molecular formula is C21H24N4O. The summed E-state index contributed by atoms with van der Waals surface area (Å²) in [5.41, 5.74) is 6.15. The summed E-state index contributed by atoms with van der Waals surface area (Å²) in [5, 5.41) is 10.2. The average Bonchev–Trinajstić information content (AvgIpc) is 3.03. The summed E-state index contributed by atoms with van der Waals surface area (Å²) in [6, 6.07) is 15.5. The van der Waals surface area contributed by atoms with Crippen LogP contribution in [0.2, 0.25) is 0 Å². The van der Waals surface area contributed by atoms with Crippen LogP contribution < -0.4 is 10.6 Å². The molecule has 0 saturated heterocycles. The zero-order valence-corrected chi connectivity index (χ0v) is 15.6. The number of carbonyl (C=O) groups excluding carboxylic acids is 1. The Morgan fingerprint density at radius 2 is 1.88 bits per heavy atom. The van der Waals surface area contributed by atoms with E-state index in [1.807, 2.05) is 48.9 Å². The summed E-state index contributed by atoms with van der Waals surface area (Å²) in [7, 11) is 0. The van der Waals surface area contributed by atoms with Gasteiger partial charge in [-0.25, -0.2) is 9.48 Å². The highest BCUT2D eigenvalue weighted by Gasteiger charge is 2.12. The maximum atomic E-state index is 12.4. The summed E-state index contributed by atoms with van der Waals surface area (Å²) < 4.78 is 1.84. The number of nitrogens with zero attached hydrogens (tertiary/aromatic N) is 2. The third kappa shape index (κ3) is 3.94. The third-order valence-electron chi connectivity index (χ3n) is 4.43. The van der Waals surface area contributed by atoms with Gasteiger partial charge in [-0.3, -0.25) is 0 Å². The van der Waals surface area contributed by atoms with Crippen LogP contribution in [0, 0.1) is 20.8 Å². The molecule has 3 aromatic rings. The molecule has 1 heterocycles. The topological polar surface area (TPSA) is 59.0 Å². The van der Waals surface area contributed by atoms with E-state index in [1.54, 1.807) is 6.20 Å². The van der Waals surface area contributed by atoms with E-state index in [1.165, 1.54) is 11.1 Å². The molecule has 0 radical (unpaired) electrons. The molecule has 134 valence electrons. The molecule has 3 rings (SSSR count). The second-order valence-corrected chi connectivity index (χ2v) is 6.61. The molecule has 5 nitrogen and oxygen atoms in total. The van der Waals surface area contributed by atoms with Crippen molar-refractivity contribution in [2.24, 2.45) is 0 Å². The summed E-state index contributed by atoms with van der Waals surface area (Å²) in [6.45, 7) is 8.09. The van der Waals surface area contributed by atoms with Crippen molar-refractivity contribution in [3.8, 4) is 5.69 Å². The van der Waals surface area contributed by atoms with Crippen molar-refractivity contribution in [2.45, 2.75) is 33.7 Å². The first-order valence-corrected chi connectivity index (χ1v) is 8.70. The molecule has 0 bridgehead atoms. The quantitative estimate of drug-likeness (QED) is 0.719. The van der Waals surface area contributed by atoms with Crippen LogP contribution >= 0.6 is 0 Å². The Balaban J connectivity index is 1.70. The Hall–Kier alpha value is -3.08. The average molecular weight is 348 g/mol. The highest BCUT2D eigenvalue weighted by Crippen LogP contribution is 2.20. The predicted octanol–water partition coefficient (Wildman–Crippen LogP) is 4.68. The Morgan fingerprint density at radius 3 is 2.62 bits per heavy atom. The van der Waals surface area contributed by atoms with Crippen molar-refractivity contribution in [3.05, 3.63) is 77.1 Å². The van der Waals surface area contributed by atoms with Crippen LogP contribution in [0.25, 0.3) is 5.69 Å². The zero-order valence-electron chi connectivity index (χ0n) is 15.6. The number of amides is 2. The number of urea groups is 1. The number of anilines is 1. The third-order valence-corrected chi connectivity index (χ3v) is 4.43. The number of aryl methyl sites for hydroxylation is 3. The van der Waals surface area contributed by atoms with Crippen LogP contribution in [0.3, 0.4) is 0 Å². The summed E-state index contributed by atoms with van der Waals surface area (Å²) in [4.78, 5) is 12.4. The molecule has 26 heavy (non-hydrogen) atoms. The van der Waals surface area contributed by atoms with Gasteiger partial charge in [-0.2, -0.15) is 5.10 Å². The minimum absolute atomic E-state index is 0.0774. The molecule has 1 unspecified atom stereocenters. The number of carbonyl (C=O) groups is 1. The molecule has 0 aliphatic rings. The highest BCUT2D eigenvalue weighted by atomic mass is 16.2. The summed E-state index contributed by atoms with van der Waals surface area (Å²) in [6.07, 6.45) is 1.76. The van der Waals surface area contributed by atoms with Gasteiger partial charge in [0.15, 0.2) is 0 Å². The van der Waals surface area contributed by atoms with E-state index in [0.717, 1.165) is 22.6 Å². The number of hydrogen-bond donors (Lipinski definition) is 2. The normalized spacial score (nSPS) is 11.8. The van der Waals surface area contributed by atoms with Crippen LogP contribution in [0.1, 0.15) is 35.3 Å². The molecule has 2 aromatic carbocycles. The van der Waals surface area contributed by atoms with Crippen LogP contribution in [0.15, 0.2) is 54.7 Å². The van der Waals surface area contributed by atoms with E-state index < -0.39 is 0 Å². The zero-order chi connectivity index (χ0) is 18.7. The smallest absolute Gasteiger partial charge is 0.319 e. The second kappa shape index (κ2) is 7.44. The molecule has 0 saturated carbocycles. The van der Waals surface area contributed by atoms with E-state index in [-0.39, 0.29) is 12.1 Å². The van der Waals surface area contributed by atoms with Crippen molar-refractivity contribution >= 4 is 11.7 Å². The Morgan fingerprint density at radius 1 is 1.08 bits per heavy atom. The Kier molecular flexibility index (Phi) is 5.07. The first-order chi connectivity index (χ1) is 12.4. The van der Waals surface area contributed by atoms with Gasteiger partial charge >= 0.3 is 6.03 Å². The number of aromatic nitrogens is 2. The van der Waals surface area contributed by atoms with Gasteiger partial charge in [0.05, 0.1) is 11.7 Å². The maximum absolute atomic E-state index is 12.4. The largest absolute Gasteiger partial charge is 0.331 e. The summed E-state index contributed by atoms with van der Waals surface area (Å²) in [5.74, 6) is 0. The fourth-order valence-electron chi connectivity index (χ4n) is 3.02. The predicted molar refractivity (Wildman–Crippen MR) is 105 cm³/mol. The Labute approximate surface area is 154 Å². The molecule has 0 spiro atoms. The summed E-state index contributed by atoms with van der Waals surface area (Å²) >= 11 is 0. The lowest BCUT2D eigenvalue weighted by molar-refractivity contribution is 0.249. The number of benzene rings is 2. The van der Waals surface area contributed by atoms with Crippen LogP contribution in [0.5, 0.6) is 0 Å². The van der Waals surface area contributed by atoms with E-state index >= 15 is 0 Å². The first kappa shape index (κ1) is 17.7. The van der Waals surface area contributed by atoms with Crippen molar-refractivity contribution in [2.75, 3.05) is 5.32 Å². The molecule has 0 aliphatic heterocycles. The molecular weight excluding hydrogens is 324 g/mol. The van der Waals surface area contributed by atoms with Gasteiger partial charge in [0.25, 0.3) is 0 Å². The lowest BCUT2D eigenvalue weighted by Gasteiger charge is -2.18. The standard InChI is InChI=1S/C21H24N4O/c1-14-8-9-15(2)20(12-14)17(4)23-21(26)24-18-6-5-7-19(13-18)25-16(3)10-11-22-25/h5-13,17H,1-4H3,(H2,23,24,26). The van der Waals surface area contributed by atoms with Gasteiger partial charge in [-0.15, -0.1) is 0 Å². The number of nitrogens with one attached hydrogen (secondary N) is 2. The molecule has 2 amide bonds. The van der Waals surface area contributed by atoms with E-state index in [9.17, 15) is 4.79 Å². The van der Waals surface area contributed by atoms with E-state index in [0.29, 0.717) is 0 Å². The van der Waals surface area contributed by atoms with Crippen molar-refractivity contribution in [1.29, 1.82) is 0 Å². The molecule has 1 atom stereocenters.